The van der Waals surface area contributed by atoms with Gasteiger partial charge < -0.3 is 20.1 Å². The molecule has 0 saturated heterocycles. The zero-order chi connectivity index (χ0) is 17.5. The lowest BCUT2D eigenvalue weighted by molar-refractivity contribution is -0.120. The zero-order valence-corrected chi connectivity index (χ0v) is 13.9. The first kappa shape index (κ1) is 17.1. The lowest BCUT2D eigenvalue weighted by Crippen LogP contribution is -2.27. The molecule has 132 valence electrons. The first-order valence-corrected chi connectivity index (χ1v) is 8.35. The van der Waals surface area contributed by atoms with E-state index in [1.54, 1.807) is 12.1 Å². The molecule has 0 saturated carbocycles. The maximum atomic E-state index is 12.8. The highest BCUT2D eigenvalue weighted by Gasteiger charge is 2.11. The average Bonchev–Trinajstić information content (AvgIpc) is 2.63. The van der Waals surface area contributed by atoms with Crippen molar-refractivity contribution in [1.29, 1.82) is 0 Å². The highest BCUT2D eigenvalue weighted by molar-refractivity contribution is 5.76. The van der Waals surface area contributed by atoms with Gasteiger partial charge in [-0.1, -0.05) is 12.1 Å². The topological polar surface area (TPSA) is 59.6 Å². The molecule has 2 aromatic rings. The summed E-state index contributed by atoms with van der Waals surface area (Å²) >= 11 is 0. The van der Waals surface area contributed by atoms with Crippen LogP contribution in [-0.2, 0) is 11.2 Å². The maximum absolute atomic E-state index is 12.8. The second-order valence-corrected chi connectivity index (χ2v) is 5.76. The Labute approximate surface area is 146 Å². The van der Waals surface area contributed by atoms with E-state index in [1.807, 2.05) is 18.2 Å². The quantitative estimate of drug-likeness (QED) is 0.811. The van der Waals surface area contributed by atoms with Crippen molar-refractivity contribution >= 4 is 11.6 Å². The summed E-state index contributed by atoms with van der Waals surface area (Å²) in [5.74, 6) is 1.19. The molecule has 2 aromatic carbocycles. The number of halogens is 1. The molecule has 2 N–H and O–H groups in total. The predicted octanol–water partition coefficient (Wildman–Crippen LogP) is 2.76. The van der Waals surface area contributed by atoms with Gasteiger partial charge in [0.25, 0.3) is 0 Å². The smallest absolute Gasteiger partial charge is 0.221 e. The number of fused-ring (bicyclic) bond motifs is 1. The van der Waals surface area contributed by atoms with Crippen LogP contribution in [0.1, 0.15) is 12.0 Å². The van der Waals surface area contributed by atoms with Crippen LogP contribution >= 0.6 is 0 Å². The predicted molar refractivity (Wildman–Crippen MR) is 93.7 cm³/mol. The van der Waals surface area contributed by atoms with Gasteiger partial charge in [-0.25, -0.2) is 4.39 Å². The summed E-state index contributed by atoms with van der Waals surface area (Å²) in [5.41, 5.74) is 1.89. The van der Waals surface area contributed by atoms with Crippen molar-refractivity contribution in [3.8, 4) is 11.5 Å². The Kier molecular flexibility index (Phi) is 5.72. The fraction of sp³-hybridized carbons (Fsp3) is 0.316. The van der Waals surface area contributed by atoms with Crippen LogP contribution in [0, 0.1) is 5.82 Å². The molecule has 1 aliphatic rings. The first-order chi connectivity index (χ1) is 12.2. The highest BCUT2D eigenvalue weighted by atomic mass is 19.1. The number of carbonyl (C=O) groups is 1. The van der Waals surface area contributed by atoms with Crippen LogP contribution in [0.15, 0.2) is 42.5 Å². The third-order valence-corrected chi connectivity index (χ3v) is 3.87. The standard InChI is InChI=1S/C19H21FN2O3/c20-15-3-1-14(2-4-15)7-9-22-19(23)8-10-21-16-5-6-17-18(13-16)25-12-11-24-17/h1-6,13,21H,7-12H2,(H,22,23). The summed E-state index contributed by atoms with van der Waals surface area (Å²) in [6.45, 7) is 2.18. The summed E-state index contributed by atoms with van der Waals surface area (Å²) in [5, 5.41) is 6.07. The van der Waals surface area contributed by atoms with Gasteiger partial charge in [0.05, 0.1) is 0 Å². The van der Waals surface area contributed by atoms with E-state index in [4.69, 9.17) is 9.47 Å². The van der Waals surface area contributed by atoms with Crippen LogP contribution < -0.4 is 20.1 Å². The number of hydrogen-bond acceptors (Lipinski definition) is 4. The van der Waals surface area contributed by atoms with Crippen LogP contribution in [-0.4, -0.2) is 32.2 Å². The summed E-state index contributed by atoms with van der Waals surface area (Å²) in [6.07, 6.45) is 1.06. The molecular weight excluding hydrogens is 323 g/mol. The SMILES string of the molecule is O=C(CCNc1ccc2c(c1)OCCO2)NCCc1ccc(F)cc1. The molecule has 0 atom stereocenters. The normalized spacial score (nSPS) is 12.5. The minimum atomic E-state index is -0.252. The molecule has 0 spiro atoms. The highest BCUT2D eigenvalue weighted by Crippen LogP contribution is 2.32. The van der Waals surface area contributed by atoms with Crippen LogP contribution in [0.2, 0.25) is 0 Å². The van der Waals surface area contributed by atoms with Crippen LogP contribution in [0.5, 0.6) is 11.5 Å². The molecule has 1 aliphatic heterocycles. The van der Waals surface area contributed by atoms with Crippen molar-refractivity contribution in [2.45, 2.75) is 12.8 Å². The van der Waals surface area contributed by atoms with E-state index in [9.17, 15) is 9.18 Å². The van der Waals surface area contributed by atoms with E-state index in [0.29, 0.717) is 39.1 Å². The van der Waals surface area contributed by atoms with Gasteiger partial charge in [0.1, 0.15) is 19.0 Å². The minimum Gasteiger partial charge on any atom is -0.486 e. The molecule has 3 rings (SSSR count). The van der Waals surface area contributed by atoms with E-state index in [-0.39, 0.29) is 11.7 Å². The molecule has 1 amide bonds. The van der Waals surface area contributed by atoms with Crippen molar-refractivity contribution in [2.75, 3.05) is 31.6 Å². The molecule has 1 heterocycles. The molecule has 0 aliphatic carbocycles. The second-order valence-electron chi connectivity index (χ2n) is 5.76. The number of rotatable bonds is 7. The van der Waals surface area contributed by atoms with E-state index < -0.39 is 0 Å². The molecular formula is C19H21FN2O3. The largest absolute Gasteiger partial charge is 0.486 e. The van der Waals surface area contributed by atoms with Crippen LogP contribution in [0.4, 0.5) is 10.1 Å². The third kappa shape index (κ3) is 5.11. The van der Waals surface area contributed by atoms with Gasteiger partial charge in [-0.3, -0.25) is 4.79 Å². The van der Waals surface area contributed by atoms with Gasteiger partial charge in [-0.05, 0) is 36.2 Å². The van der Waals surface area contributed by atoms with Crippen LogP contribution in [0.25, 0.3) is 0 Å². The van der Waals surface area contributed by atoms with Gasteiger partial charge in [-0.15, -0.1) is 0 Å². The maximum Gasteiger partial charge on any atom is 0.221 e. The number of hydrogen-bond donors (Lipinski definition) is 2. The zero-order valence-electron chi connectivity index (χ0n) is 13.9. The van der Waals surface area contributed by atoms with E-state index in [0.717, 1.165) is 22.7 Å². The van der Waals surface area contributed by atoms with Crippen molar-refractivity contribution in [2.24, 2.45) is 0 Å². The fourth-order valence-electron chi connectivity index (χ4n) is 2.56. The molecule has 0 fully saturated rings. The Morgan fingerprint density at radius 1 is 1.00 bits per heavy atom. The summed E-state index contributed by atoms with van der Waals surface area (Å²) in [6, 6.07) is 11.9. The second kappa shape index (κ2) is 8.37. The van der Waals surface area contributed by atoms with E-state index in [2.05, 4.69) is 10.6 Å². The molecule has 6 heteroatoms. The number of nitrogens with one attached hydrogen (secondary N) is 2. The Hall–Kier alpha value is -2.76. The van der Waals surface area contributed by atoms with Gasteiger partial charge >= 0.3 is 0 Å². The fourth-order valence-corrected chi connectivity index (χ4v) is 2.56. The van der Waals surface area contributed by atoms with Gasteiger partial charge in [0.15, 0.2) is 11.5 Å². The molecule has 0 bridgehead atoms. The van der Waals surface area contributed by atoms with Gasteiger partial charge in [0, 0.05) is 31.3 Å². The van der Waals surface area contributed by atoms with Gasteiger partial charge in [0.2, 0.25) is 5.91 Å². The lowest BCUT2D eigenvalue weighted by Gasteiger charge is -2.19. The van der Waals surface area contributed by atoms with Crippen molar-refractivity contribution in [3.63, 3.8) is 0 Å². The molecule has 0 radical (unpaired) electrons. The number of carbonyl (C=O) groups excluding carboxylic acids is 1. The van der Waals surface area contributed by atoms with E-state index >= 15 is 0 Å². The van der Waals surface area contributed by atoms with Gasteiger partial charge in [-0.2, -0.15) is 0 Å². The van der Waals surface area contributed by atoms with Crippen molar-refractivity contribution < 1.29 is 18.7 Å². The number of amides is 1. The minimum absolute atomic E-state index is 0.0212. The van der Waals surface area contributed by atoms with Crippen molar-refractivity contribution in [1.82, 2.24) is 5.32 Å². The first-order valence-electron chi connectivity index (χ1n) is 8.35. The third-order valence-electron chi connectivity index (χ3n) is 3.87. The number of ether oxygens (including phenoxy) is 2. The molecule has 0 aromatic heterocycles. The Balaban J connectivity index is 1.35. The Bertz CT molecular complexity index is 719. The van der Waals surface area contributed by atoms with E-state index in [1.165, 1.54) is 12.1 Å². The summed E-state index contributed by atoms with van der Waals surface area (Å²) < 4.78 is 23.8. The summed E-state index contributed by atoms with van der Waals surface area (Å²) in [4.78, 5) is 11.9. The number of benzene rings is 2. The molecule has 25 heavy (non-hydrogen) atoms. The average molecular weight is 344 g/mol. The molecule has 0 unspecified atom stereocenters. The lowest BCUT2D eigenvalue weighted by atomic mass is 10.1. The monoisotopic (exact) mass is 344 g/mol. The summed E-state index contributed by atoms with van der Waals surface area (Å²) in [7, 11) is 0. The number of anilines is 1. The van der Waals surface area contributed by atoms with Crippen LogP contribution in [0.3, 0.4) is 0 Å². The molecule has 5 nitrogen and oxygen atoms in total. The van der Waals surface area contributed by atoms with Crippen molar-refractivity contribution in [3.05, 3.63) is 53.8 Å². The Morgan fingerprint density at radius 3 is 2.56 bits per heavy atom. The Morgan fingerprint density at radius 2 is 1.76 bits per heavy atom.